The minimum atomic E-state index is -1.66. The van der Waals surface area contributed by atoms with E-state index in [1.165, 1.54) is 12.1 Å². The van der Waals surface area contributed by atoms with E-state index < -0.39 is 34.6 Å². The smallest absolute Gasteiger partial charge is 0.313 e. The van der Waals surface area contributed by atoms with Crippen molar-refractivity contribution in [3.63, 3.8) is 0 Å². The van der Waals surface area contributed by atoms with Crippen molar-refractivity contribution in [2.75, 3.05) is 0 Å². The van der Waals surface area contributed by atoms with Crippen molar-refractivity contribution >= 4 is 5.69 Å². The first-order valence-electron chi connectivity index (χ1n) is 5.53. The lowest BCUT2D eigenvalue weighted by Crippen LogP contribution is -2.03. The Morgan fingerprint density at radius 2 is 1.85 bits per heavy atom. The number of para-hydroxylation sites is 1. The summed E-state index contributed by atoms with van der Waals surface area (Å²) in [7, 11) is 0. The Morgan fingerprint density at radius 1 is 1.20 bits per heavy atom. The number of nitro groups is 1. The Balaban J connectivity index is 2.50. The van der Waals surface area contributed by atoms with Gasteiger partial charge in [-0.2, -0.15) is 8.78 Å². The maximum atomic E-state index is 13.7. The van der Waals surface area contributed by atoms with Crippen LogP contribution in [0.1, 0.15) is 5.56 Å². The highest BCUT2D eigenvalue weighted by Gasteiger charge is 2.27. The molecule has 0 aliphatic carbocycles. The first-order valence-corrected chi connectivity index (χ1v) is 5.53. The van der Waals surface area contributed by atoms with Crippen molar-refractivity contribution < 1.29 is 23.5 Å². The topological polar surface area (TPSA) is 72.6 Å². The van der Waals surface area contributed by atoms with E-state index in [1.54, 1.807) is 18.2 Å². The van der Waals surface area contributed by atoms with Crippen molar-refractivity contribution in [1.82, 2.24) is 0 Å². The molecule has 0 aromatic heterocycles. The lowest BCUT2D eigenvalue weighted by molar-refractivity contribution is -0.388. The second-order valence-electron chi connectivity index (χ2n) is 3.84. The van der Waals surface area contributed by atoms with Crippen LogP contribution in [0.3, 0.4) is 0 Å². The van der Waals surface area contributed by atoms with Gasteiger partial charge in [0.2, 0.25) is 11.6 Å². The van der Waals surface area contributed by atoms with Crippen LogP contribution in [0.4, 0.5) is 14.5 Å². The van der Waals surface area contributed by atoms with Gasteiger partial charge < -0.3 is 9.84 Å². The molecule has 0 saturated carbocycles. The van der Waals surface area contributed by atoms with Crippen molar-refractivity contribution in [3.05, 3.63) is 63.7 Å². The van der Waals surface area contributed by atoms with E-state index in [0.29, 0.717) is 0 Å². The third kappa shape index (κ3) is 2.57. The van der Waals surface area contributed by atoms with Crippen LogP contribution in [0.25, 0.3) is 0 Å². The maximum absolute atomic E-state index is 13.7. The van der Waals surface area contributed by atoms with E-state index in [0.717, 1.165) is 6.07 Å². The Bertz CT molecular complexity index is 647. The number of hydrogen-bond donors (Lipinski definition) is 1. The maximum Gasteiger partial charge on any atom is 0.313 e. The molecule has 1 N–H and O–H groups in total. The highest BCUT2D eigenvalue weighted by atomic mass is 19.2. The molecule has 0 unspecified atom stereocenters. The van der Waals surface area contributed by atoms with E-state index in [2.05, 4.69) is 0 Å². The quantitative estimate of drug-likeness (QED) is 0.690. The fraction of sp³-hybridized carbons (Fsp3) is 0.0769. The van der Waals surface area contributed by atoms with Gasteiger partial charge in [0, 0.05) is 0 Å². The molecule has 104 valence electrons. The van der Waals surface area contributed by atoms with Crippen LogP contribution in [0.5, 0.6) is 11.5 Å². The molecule has 0 aliphatic rings. The van der Waals surface area contributed by atoms with Crippen molar-refractivity contribution in [1.29, 1.82) is 0 Å². The van der Waals surface area contributed by atoms with Crippen molar-refractivity contribution in [2.45, 2.75) is 6.61 Å². The molecule has 0 bridgehead atoms. The van der Waals surface area contributed by atoms with Gasteiger partial charge in [-0.3, -0.25) is 10.1 Å². The number of nitro benzene ring substituents is 1. The van der Waals surface area contributed by atoms with Gasteiger partial charge in [0.1, 0.15) is 5.75 Å². The predicted molar refractivity (Wildman–Crippen MR) is 65.5 cm³/mol. The molecule has 2 aromatic rings. The summed E-state index contributed by atoms with van der Waals surface area (Å²) in [5, 5.41) is 19.7. The average molecular weight is 281 g/mol. The van der Waals surface area contributed by atoms with E-state index >= 15 is 0 Å². The fourth-order valence-electron chi connectivity index (χ4n) is 1.65. The monoisotopic (exact) mass is 281 g/mol. The fourth-order valence-corrected chi connectivity index (χ4v) is 1.65. The molecule has 0 atom stereocenters. The third-order valence-electron chi connectivity index (χ3n) is 2.55. The van der Waals surface area contributed by atoms with Crippen LogP contribution in [0, 0.1) is 21.7 Å². The van der Waals surface area contributed by atoms with Crippen molar-refractivity contribution in [3.8, 4) is 11.5 Å². The standard InChI is InChI=1S/C13H9F2NO4/c14-11-10(20-9-4-2-1-3-5-9)6-8(7-17)13(12(11)15)16(18)19/h1-6,17H,7H2. The molecule has 20 heavy (non-hydrogen) atoms. The lowest BCUT2D eigenvalue weighted by Gasteiger charge is -2.09. The molecule has 0 spiro atoms. The van der Waals surface area contributed by atoms with Gasteiger partial charge in [-0.05, 0) is 18.2 Å². The molecule has 5 nitrogen and oxygen atoms in total. The summed E-state index contributed by atoms with van der Waals surface area (Å²) in [6.07, 6.45) is 0. The van der Waals surface area contributed by atoms with Gasteiger partial charge in [0.25, 0.3) is 0 Å². The Kier molecular flexibility index (Phi) is 3.90. The van der Waals surface area contributed by atoms with Gasteiger partial charge in [-0.1, -0.05) is 18.2 Å². The largest absolute Gasteiger partial charge is 0.454 e. The lowest BCUT2D eigenvalue weighted by atomic mass is 10.1. The molecular weight excluding hydrogens is 272 g/mol. The highest BCUT2D eigenvalue weighted by molar-refractivity contribution is 5.48. The molecule has 2 rings (SSSR count). The first-order chi connectivity index (χ1) is 9.54. The van der Waals surface area contributed by atoms with E-state index in [-0.39, 0.29) is 11.3 Å². The van der Waals surface area contributed by atoms with Gasteiger partial charge >= 0.3 is 5.69 Å². The van der Waals surface area contributed by atoms with E-state index in [4.69, 9.17) is 9.84 Å². The summed E-state index contributed by atoms with van der Waals surface area (Å²) in [6.45, 7) is -0.807. The second-order valence-corrected chi connectivity index (χ2v) is 3.84. The highest BCUT2D eigenvalue weighted by Crippen LogP contribution is 2.34. The molecule has 7 heteroatoms. The van der Waals surface area contributed by atoms with Gasteiger partial charge in [-0.25, -0.2) is 0 Å². The van der Waals surface area contributed by atoms with Crippen LogP contribution in [0.2, 0.25) is 0 Å². The summed E-state index contributed by atoms with van der Waals surface area (Å²) in [4.78, 5) is 9.58. The predicted octanol–water partition coefficient (Wildman–Crippen LogP) is 3.16. The van der Waals surface area contributed by atoms with Gasteiger partial charge in [-0.15, -0.1) is 0 Å². The zero-order valence-electron chi connectivity index (χ0n) is 10.0. The number of benzene rings is 2. The average Bonchev–Trinajstić information content (AvgIpc) is 2.44. The van der Waals surface area contributed by atoms with Gasteiger partial charge in [0.15, 0.2) is 5.75 Å². The minimum Gasteiger partial charge on any atom is -0.454 e. The molecule has 2 aromatic carbocycles. The van der Waals surface area contributed by atoms with Crippen LogP contribution < -0.4 is 4.74 Å². The molecule has 0 fully saturated rings. The number of hydrogen-bond acceptors (Lipinski definition) is 4. The summed E-state index contributed by atoms with van der Waals surface area (Å²) >= 11 is 0. The van der Waals surface area contributed by atoms with Crippen LogP contribution in [-0.4, -0.2) is 10.0 Å². The molecule has 0 radical (unpaired) electrons. The Morgan fingerprint density at radius 3 is 2.40 bits per heavy atom. The van der Waals surface area contributed by atoms with Gasteiger partial charge in [0.05, 0.1) is 17.1 Å². The zero-order valence-corrected chi connectivity index (χ0v) is 10.0. The van der Waals surface area contributed by atoms with Crippen LogP contribution >= 0.6 is 0 Å². The molecule has 0 aliphatic heterocycles. The van der Waals surface area contributed by atoms with E-state index in [1.807, 2.05) is 0 Å². The number of aliphatic hydroxyl groups excluding tert-OH is 1. The van der Waals surface area contributed by atoms with Crippen molar-refractivity contribution in [2.24, 2.45) is 0 Å². The summed E-state index contributed by atoms with van der Waals surface area (Å²) in [6, 6.07) is 8.89. The van der Waals surface area contributed by atoms with Crippen LogP contribution in [0.15, 0.2) is 36.4 Å². The van der Waals surface area contributed by atoms with E-state index in [9.17, 15) is 18.9 Å². The summed E-state index contributed by atoms with van der Waals surface area (Å²) in [5.74, 6) is -3.42. The summed E-state index contributed by atoms with van der Waals surface area (Å²) < 4.78 is 32.5. The van der Waals surface area contributed by atoms with Crippen LogP contribution in [-0.2, 0) is 6.61 Å². The summed E-state index contributed by atoms with van der Waals surface area (Å²) in [5.41, 5.74) is -1.45. The molecule has 0 saturated heterocycles. The molecule has 0 amide bonds. The number of ether oxygens (including phenoxy) is 1. The Labute approximate surface area is 112 Å². The normalized spacial score (nSPS) is 10.3. The minimum absolute atomic E-state index is 0.239. The number of nitrogens with zero attached hydrogens (tertiary/aromatic N) is 1. The number of aliphatic hydroxyl groups is 1. The molecular formula is C13H9F2NO4. The number of halogens is 2. The molecule has 0 heterocycles. The first kappa shape index (κ1) is 13.9. The SMILES string of the molecule is O=[N+]([O-])c1c(CO)cc(Oc2ccccc2)c(F)c1F. The Hall–Kier alpha value is -2.54. The third-order valence-corrected chi connectivity index (χ3v) is 2.55. The number of rotatable bonds is 4. The second kappa shape index (κ2) is 5.62. The zero-order chi connectivity index (χ0) is 14.7.